The zero-order valence-corrected chi connectivity index (χ0v) is 9.83. The molecule has 5 heteroatoms. The SMILES string of the molecule is Cc1cc(Cl)cc(CNC(CO)CO)c1O. The number of phenols is 1. The van der Waals surface area contributed by atoms with Gasteiger partial charge in [-0.25, -0.2) is 0 Å². The summed E-state index contributed by atoms with van der Waals surface area (Å²) >= 11 is 5.87. The minimum Gasteiger partial charge on any atom is -0.507 e. The van der Waals surface area contributed by atoms with Crippen molar-refractivity contribution in [2.75, 3.05) is 13.2 Å². The minimum absolute atomic E-state index is 0.156. The molecule has 1 aromatic rings. The molecule has 0 saturated heterocycles. The van der Waals surface area contributed by atoms with Gasteiger partial charge in [-0.2, -0.15) is 0 Å². The monoisotopic (exact) mass is 245 g/mol. The van der Waals surface area contributed by atoms with Gasteiger partial charge in [-0.05, 0) is 24.6 Å². The Bertz CT molecular complexity index is 353. The van der Waals surface area contributed by atoms with Crippen molar-refractivity contribution in [3.8, 4) is 5.75 Å². The Balaban J connectivity index is 2.73. The number of halogens is 1. The molecule has 1 rings (SSSR count). The van der Waals surface area contributed by atoms with Crippen LogP contribution in [-0.2, 0) is 6.54 Å². The third-order valence-corrected chi connectivity index (χ3v) is 2.58. The standard InChI is InChI=1S/C11H16ClNO3/c1-7-2-9(12)3-8(11(7)16)4-13-10(5-14)6-15/h2-3,10,13-16H,4-6H2,1H3. The Morgan fingerprint density at radius 1 is 1.31 bits per heavy atom. The van der Waals surface area contributed by atoms with Crippen LogP contribution in [0, 0.1) is 6.92 Å². The first-order chi connectivity index (χ1) is 7.58. The molecule has 4 nitrogen and oxygen atoms in total. The maximum Gasteiger partial charge on any atom is 0.123 e. The van der Waals surface area contributed by atoms with E-state index in [0.29, 0.717) is 22.7 Å². The normalized spacial score (nSPS) is 11.1. The van der Waals surface area contributed by atoms with Crippen LogP contribution < -0.4 is 5.32 Å². The van der Waals surface area contributed by atoms with E-state index in [1.54, 1.807) is 19.1 Å². The van der Waals surface area contributed by atoms with Gasteiger partial charge in [-0.3, -0.25) is 0 Å². The summed E-state index contributed by atoms with van der Waals surface area (Å²) in [5, 5.41) is 31.0. The number of phenolic OH excluding ortho intramolecular Hbond substituents is 1. The fraction of sp³-hybridized carbons (Fsp3) is 0.455. The largest absolute Gasteiger partial charge is 0.507 e. The highest BCUT2D eigenvalue weighted by Crippen LogP contribution is 2.26. The first-order valence-electron chi connectivity index (χ1n) is 5.01. The van der Waals surface area contributed by atoms with Crippen molar-refractivity contribution in [1.29, 1.82) is 0 Å². The molecule has 4 N–H and O–H groups in total. The molecule has 16 heavy (non-hydrogen) atoms. The van der Waals surface area contributed by atoms with Gasteiger partial charge in [-0.15, -0.1) is 0 Å². The summed E-state index contributed by atoms with van der Waals surface area (Å²) < 4.78 is 0. The topological polar surface area (TPSA) is 72.7 Å². The van der Waals surface area contributed by atoms with Crippen LogP contribution in [0.4, 0.5) is 0 Å². The smallest absolute Gasteiger partial charge is 0.123 e. The maximum atomic E-state index is 9.76. The number of benzene rings is 1. The predicted molar refractivity (Wildman–Crippen MR) is 62.7 cm³/mol. The van der Waals surface area contributed by atoms with E-state index in [0.717, 1.165) is 0 Å². The summed E-state index contributed by atoms with van der Waals surface area (Å²) in [4.78, 5) is 0. The van der Waals surface area contributed by atoms with E-state index in [9.17, 15) is 5.11 Å². The highest BCUT2D eigenvalue weighted by atomic mass is 35.5. The highest BCUT2D eigenvalue weighted by molar-refractivity contribution is 6.30. The van der Waals surface area contributed by atoms with E-state index in [4.69, 9.17) is 21.8 Å². The maximum absolute atomic E-state index is 9.76. The second-order valence-electron chi connectivity index (χ2n) is 3.67. The number of aryl methyl sites for hydroxylation is 1. The molecule has 0 aliphatic heterocycles. The third kappa shape index (κ3) is 3.35. The van der Waals surface area contributed by atoms with Gasteiger partial charge in [0.05, 0.1) is 19.3 Å². The predicted octanol–water partition coefficient (Wildman–Crippen LogP) is 0.797. The number of hydrogen-bond donors (Lipinski definition) is 4. The zero-order valence-electron chi connectivity index (χ0n) is 9.07. The van der Waals surface area contributed by atoms with E-state index in [2.05, 4.69) is 5.32 Å². The number of aromatic hydroxyl groups is 1. The molecule has 1 aromatic carbocycles. The zero-order chi connectivity index (χ0) is 12.1. The van der Waals surface area contributed by atoms with E-state index >= 15 is 0 Å². The molecule has 0 aliphatic rings. The second kappa shape index (κ2) is 6.06. The Morgan fingerprint density at radius 3 is 2.50 bits per heavy atom. The number of aliphatic hydroxyl groups excluding tert-OH is 2. The Labute approximate surface area is 99.5 Å². The lowest BCUT2D eigenvalue weighted by Crippen LogP contribution is -2.35. The molecule has 0 bridgehead atoms. The molecule has 90 valence electrons. The lowest BCUT2D eigenvalue weighted by Gasteiger charge is -2.14. The van der Waals surface area contributed by atoms with Crippen molar-refractivity contribution in [3.63, 3.8) is 0 Å². The molecule has 0 fully saturated rings. The fourth-order valence-corrected chi connectivity index (χ4v) is 1.68. The molecule has 0 unspecified atom stereocenters. The second-order valence-corrected chi connectivity index (χ2v) is 4.11. The molecule has 0 spiro atoms. The number of aliphatic hydroxyl groups is 2. The summed E-state index contributed by atoms with van der Waals surface area (Å²) in [6, 6.07) is 2.94. The van der Waals surface area contributed by atoms with Crippen molar-refractivity contribution in [3.05, 3.63) is 28.3 Å². The Kier molecular flexibility index (Phi) is 5.02. The van der Waals surface area contributed by atoms with Gasteiger partial charge < -0.3 is 20.6 Å². The molecular formula is C11H16ClNO3. The molecule has 0 aliphatic carbocycles. The van der Waals surface area contributed by atoms with Crippen molar-refractivity contribution >= 4 is 11.6 Å². The quantitative estimate of drug-likeness (QED) is 0.619. The molecule has 0 aromatic heterocycles. The summed E-state index contributed by atoms with van der Waals surface area (Å²) in [6.45, 7) is 1.80. The van der Waals surface area contributed by atoms with Gasteiger partial charge in [-0.1, -0.05) is 11.6 Å². The van der Waals surface area contributed by atoms with Crippen molar-refractivity contribution < 1.29 is 15.3 Å². The lowest BCUT2D eigenvalue weighted by atomic mass is 10.1. The first-order valence-corrected chi connectivity index (χ1v) is 5.39. The van der Waals surface area contributed by atoms with Crippen molar-refractivity contribution in [1.82, 2.24) is 5.32 Å². The van der Waals surface area contributed by atoms with Crippen molar-refractivity contribution in [2.24, 2.45) is 0 Å². The van der Waals surface area contributed by atoms with Gasteiger partial charge >= 0.3 is 0 Å². The van der Waals surface area contributed by atoms with Crippen LogP contribution in [0.2, 0.25) is 5.02 Å². The lowest BCUT2D eigenvalue weighted by molar-refractivity contribution is 0.170. The van der Waals surface area contributed by atoms with Gasteiger partial charge in [0.2, 0.25) is 0 Å². The molecular weight excluding hydrogens is 230 g/mol. The Morgan fingerprint density at radius 2 is 1.94 bits per heavy atom. The van der Waals surface area contributed by atoms with Gasteiger partial charge in [0.15, 0.2) is 0 Å². The van der Waals surface area contributed by atoms with Crippen LogP contribution >= 0.6 is 11.6 Å². The molecule has 0 heterocycles. The summed E-state index contributed by atoms with van der Waals surface area (Å²) in [5.41, 5.74) is 1.35. The molecule has 0 saturated carbocycles. The molecule has 0 radical (unpaired) electrons. The molecule has 0 atom stereocenters. The summed E-state index contributed by atoms with van der Waals surface area (Å²) in [7, 11) is 0. The first kappa shape index (κ1) is 13.3. The molecule has 0 amide bonds. The number of nitrogens with one attached hydrogen (secondary N) is 1. The van der Waals surface area contributed by atoms with Crippen LogP contribution in [0.25, 0.3) is 0 Å². The van der Waals surface area contributed by atoms with Crippen LogP contribution in [0.5, 0.6) is 5.75 Å². The van der Waals surface area contributed by atoms with Crippen LogP contribution in [0.15, 0.2) is 12.1 Å². The van der Waals surface area contributed by atoms with Gasteiger partial charge in [0.1, 0.15) is 5.75 Å². The highest BCUT2D eigenvalue weighted by Gasteiger charge is 2.09. The van der Waals surface area contributed by atoms with Crippen LogP contribution in [0.3, 0.4) is 0 Å². The van der Waals surface area contributed by atoms with Gasteiger partial charge in [0.25, 0.3) is 0 Å². The average molecular weight is 246 g/mol. The van der Waals surface area contributed by atoms with Crippen molar-refractivity contribution in [2.45, 2.75) is 19.5 Å². The van der Waals surface area contributed by atoms with Crippen LogP contribution in [0.1, 0.15) is 11.1 Å². The van der Waals surface area contributed by atoms with Gasteiger partial charge in [0, 0.05) is 17.1 Å². The number of hydrogen-bond acceptors (Lipinski definition) is 4. The summed E-state index contributed by atoms with van der Waals surface area (Å²) in [6.07, 6.45) is 0. The Hall–Kier alpha value is -0.810. The van der Waals surface area contributed by atoms with E-state index in [1.807, 2.05) is 0 Å². The van der Waals surface area contributed by atoms with E-state index in [1.165, 1.54) is 0 Å². The minimum atomic E-state index is -0.390. The third-order valence-electron chi connectivity index (χ3n) is 2.37. The summed E-state index contributed by atoms with van der Waals surface area (Å²) in [5.74, 6) is 0.187. The average Bonchev–Trinajstić information content (AvgIpc) is 2.26. The number of rotatable bonds is 5. The van der Waals surface area contributed by atoms with E-state index < -0.39 is 6.04 Å². The fourth-order valence-electron chi connectivity index (χ4n) is 1.38. The van der Waals surface area contributed by atoms with E-state index in [-0.39, 0.29) is 19.0 Å². The van der Waals surface area contributed by atoms with Crippen LogP contribution in [-0.4, -0.2) is 34.6 Å².